The summed E-state index contributed by atoms with van der Waals surface area (Å²) in [6.45, 7) is 4.31. The van der Waals surface area contributed by atoms with Crippen molar-refractivity contribution in [1.82, 2.24) is 5.32 Å². The van der Waals surface area contributed by atoms with Crippen molar-refractivity contribution in [3.63, 3.8) is 0 Å². The van der Waals surface area contributed by atoms with Crippen LogP contribution in [0.1, 0.15) is 39.5 Å². The largest absolute Gasteiger partial charge is 0.330 e. The lowest BCUT2D eigenvalue weighted by atomic mass is 9.96. The molecule has 0 aromatic rings. The smallest absolute Gasteiger partial charge is 0.224 e. The fourth-order valence-corrected chi connectivity index (χ4v) is 1.40. The Labute approximate surface area is 74.0 Å². The Hall–Kier alpha value is -0.790. The minimum atomic E-state index is 0.176. The van der Waals surface area contributed by atoms with Crippen molar-refractivity contribution in [3.8, 4) is 0 Å². The summed E-state index contributed by atoms with van der Waals surface area (Å²) in [5.74, 6) is 0.713. The molecule has 1 N–H and O–H groups in total. The van der Waals surface area contributed by atoms with Gasteiger partial charge in [-0.1, -0.05) is 26.3 Å². The van der Waals surface area contributed by atoms with Gasteiger partial charge in [-0.15, -0.1) is 0 Å². The summed E-state index contributed by atoms with van der Waals surface area (Å²) in [6, 6.07) is 0. The molecule has 2 nitrogen and oxygen atoms in total. The van der Waals surface area contributed by atoms with Gasteiger partial charge in [0.25, 0.3) is 0 Å². The van der Waals surface area contributed by atoms with Crippen molar-refractivity contribution >= 4 is 5.91 Å². The summed E-state index contributed by atoms with van der Waals surface area (Å²) >= 11 is 0. The quantitative estimate of drug-likeness (QED) is 0.671. The van der Waals surface area contributed by atoms with Crippen LogP contribution < -0.4 is 5.32 Å². The maximum Gasteiger partial charge on any atom is 0.224 e. The summed E-state index contributed by atoms with van der Waals surface area (Å²) < 4.78 is 0. The molecule has 68 valence electrons. The normalized spacial score (nSPS) is 27.3. The summed E-state index contributed by atoms with van der Waals surface area (Å²) in [5, 5.41) is 2.92. The van der Waals surface area contributed by atoms with Gasteiger partial charge in [0.1, 0.15) is 0 Å². The second kappa shape index (κ2) is 4.29. The van der Waals surface area contributed by atoms with Gasteiger partial charge in [0.15, 0.2) is 0 Å². The first-order valence-corrected chi connectivity index (χ1v) is 4.74. The molecule has 0 saturated carbocycles. The van der Waals surface area contributed by atoms with Gasteiger partial charge < -0.3 is 5.32 Å². The van der Waals surface area contributed by atoms with E-state index in [1.807, 2.05) is 0 Å². The van der Waals surface area contributed by atoms with Crippen LogP contribution in [0.4, 0.5) is 0 Å². The minimum absolute atomic E-state index is 0.176. The Morgan fingerprint density at radius 2 is 2.42 bits per heavy atom. The average Bonchev–Trinajstić information content (AvgIpc) is 2.07. The van der Waals surface area contributed by atoms with E-state index in [2.05, 4.69) is 25.2 Å². The number of amides is 1. The summed E-state index contributed by atoms with van der Waals surface area (Å²) in [5.41, 5.74) is 1.13. The molecule has 1 aliphatic heterocycles. The molecule has 0 aromatic carbocycles. The first-order valence-electron chi connectivity index (χ1n) is 4.74. The highest BCUT2D eigenvalue weighted by Crippen LogP contribution is 2.19. The number of nitrogens with one attached hydrogen (secondary N) is 1. The lowest BCUT2D eigenvalue weighted by Gasteiger charge is -2.22. The van der Waals surface area contributed by atoms with Gasteiger partial charge in [-0.25, -0.2) is 0 Å². The van der Waals surface area contributed by atoms with Crippen LogP contribution in [0, 0.1) is 5.92 Å². The second-order valence-electron chi connectivity index (χ2n) is 3.44. The lowest BCUT2D eigenvalue weighted by Crippen LogP contribution is -2.31. The van der Waals surface area contributed by atoms with Gasteiger partial charge in [0.05, 0.1) is 0 Å². The molecule has 0 aromatic heterocycles. The Morgan fingerprint density at radius 1 is 1.67 bits per heavy atom. The van der Waals surface area contributed by atoms with E-state index in [4.69, 9.17) is 0 Å². The van der Waals surface area contributed by atoms with Crippen LogP contribution in [-0.4, -0.2) is 5.91 Å². The Morgan fingerprint density at radius 3 is 3.08 bits per heavy atom. The van der Waals surface area contributed by atoms with E-state index in [0.29, 0.717) is 12.3 Å². The first-order chi connectivity index (χ1) is 5.74. The molecule has 1 fully saturated rings. The monoisotopic (exact) mass is 167 g/mol. The molecule has 1 unspecified atom stereocenters. The Balaban J connectivity index is 2.54. The highest BCUT2D eigenvalue weighted by molar-refractivity contribution is 5.79. The van der Waals surface area contributed by atoms with Crippen LogP contribution in [0.3, 0.4) is 0 Å². The molecule has 0 radical (unpaired) electrons. The van der Waals surface area contributed by atoms with Crippen molar-refractivity contribution < 1.29 is 4.79 Å². The van der Waals surface area contributed by atoms with Crippen molar-refractivity contribution in [2.24, 2.45) is 5.92 Å². The van der Waals surface area contributed by atoms with E-state index in [1.54, 1.807) is 0 Å². The molecule has 1 atom stereocenters. The molecular weight excluding hydrogens is 150 g/mol. The van der Waals surface area contributed by atoms with Crippen molar-refractivity contribution in [1.29, 1.82) is 0 Å². The molecule has 1 heterocycles. The van der Waals surface area contributed by atoms with Gasteiger partial charge in [0, 0.05) is 12.1 Å². The fraction of sp³-hybridized carbons (Fsp3) is 0.700. The standard InChI is InChI=1S/C10H17NO/c1-3-4-5-9-8(2)6-7-10(12)11-9/h5,8H,3-4,6-7H2,1-2H3,(H,11,12)/b9-5-. The zero-order chi connectivity index (χ0) is 8.97. The molecule has 2 heteroatoms. The molecule has 1 rings (SSSR count). The highest BCUT2D eigenvalue weighted by atomic mass is 16.1. The van der Waals surface area contributed by atoms with Gasteiger partial charge in [-0.2, -0.15) is 0 Å². The SMILES string of the molecule is CCC/C=C1\NC(=O)CCC1C. The fourth-order valence-electron chi connectivity index (χ4n) is 1.40. The van der Waals surface area contributed by atoms with Gasteiger partial charge in [0.2, 0.25) is 5.91 Å². The number of rotatable bonds is 2. The molecule has 1 saturated heterocycles. The molecule has 0 bridgehead atoms. The Kier molecular flexibility index (Phi) is 3.32. The van der Waals surface area contributed by atoms with E-state index in [-0.39, 0.29) is 5.91 Å². The predicted molar refractivity (Wildman–Crippen MR) is 49.5 cm³/mol. The third-order valence-electron chi connectivity index (χ3n) is 2.27. The summed E-state index contributed by atoms with van der Waals surface area (Å²) in [7, 11) is 0. The minimum Gasteiger partial charge on any atom is -0.330 e. The molecule has 1 amide bonds. The van der Waals surface area contributed by atoms with Crippen LogP contribution in [0.15, 0.2) is 11.8 Å². The second-order valence-corrected chi connectivity index (χ2v) is 3.44. The van der Waals surface area contributed by atoms with Crippen LogP contribution >= 0.6 is 0 Å². The van der Waals surface area contributed by atoms with Crippen molar-refractivity contribution in [2.45, 2.75) is 39.5 Å². The summed E-state index contributed by atoms with van der Waals surface area (Å²) in [6.07, 6.45) is 6.06. The molecule has 1 aliphatic rings. The maximum atomic E-state index is 11.0. The average molecular weight is 167 g/mol. The van der Waals surface area contributed by atoms with Gasteiger partial charge in [-0.3, -0.25) is 4.79 Å². The van der Waals surface area contributed by atoms with E-state index >= 15 is 0 Å². The predicted octanol–water partition coefficient (Wildman–Crippen LogP) is 2.22. The van der Waals surface area contributed by atoms with Crippen LogP contribution in [0.25, 0.3) is 0 Å². The third kappa shape index (κ3) is 2.36. The Bertz CT molecular complexity index is 196. The van der Waals surface area contributed by atoms with Crippen LogP contribution in [0.2, 0.25) is 0 Å². The van der Waals surface area contributed by atoms with Gasteiger partial charge >= 0.3 is 0 Å². The van der Waals surface area contributed by atoms with Crippen LogP contribution in [0.5, 0.6) is 0 Å². The van der Waals surface area contributed by atoms with E-state index < -0.39 is 0 Å². The maximum absolute atomic E-state index is 11.0. The number of hydrogen-bond donors (Lipinski definition) is 1. The lowest BCUT2D eigenvalue weighted by molar-refractivity contribution is -0.121. The summed E-state index contributed by atoms with van der Waals surface area (Å²) in [4.78, 5) is 11.0. The third-order valence-corrected chi connectivity index (χ3v) is 2.27. The molecular formula is C10H17NO. The van der Waals surface area contributed by atoms with Crippen molar-refractivity contribution in [3.05, 3.63) is 11.8 Å². The number of piperidine rings is 1. The molecule has 12 heavy (non-hydrogen) atoms. The topological polar surface area (TPSA) is 29.1 Å². The zero-order valence-electron chi connectivity index (χ0n) is 7.89. The van der Waals surface area contributed by atoms with Crippen LogP contribution in [-0.2, 0) is 4.79 Å². The zero-order valence-corrected chi connectivity index (χ0v) is 7.89. The molecule has 0 spiro atoms. The number of carbonyl (C=O) groups is 1. The van der Waals surface area contributed by atoms with E-state index in [9.17, 15) is 4.79 Å². The molecule has 0 aliphatic carbocycles. The number of hydrogen-bond acceptors (Lipinski definition) is 1. The van der Waals surface area contributed by atoms with Crippen molar-refractivity contribution in [2.75, 3.05) is 0 Å². The highest BCUT2D eigenvalue weighted by Gasteiger charge is 2.18. The number of allylic oxidation sites excluding steroid dienone is 2. The van der Waals surface area contributed by atoms with Gasteiger partial charge in [-0.05, 0) is 18.8 Å². The number of carbonyl (C=O) groups excluding carboxylic acids is 1. The van der Waals surface area contributed by atoms with E-state index in [0.717, 1.165) is 25.0 Å². The van der Waals surface area contributed by atoms with E-state index in [1.165, 1.54) is 0 Å². The first kappa shape index (κ1) is 9.30. The number of unbranched alkanes of at least 4 members (excludes halogenated alkanes) is 1.